The quantitative estimate of drug-likeness (QED) is 0.591. The first kappa shape index (κ1) is 21.6. The molecule has 1 fully saturated rings. The molecule has 8 nitrogen and oxygen atoms in total. The van der Waals surface area contributed by atoms with Gasteiger partial charge in [0, 0.05) is 39.3 Å². The van der Waals surface area contributed by atoms with Gasteiger partial charge in [-0.2, -0.15) is 16.3 Å². The van der Waals surface area contributed by atoms with E-state index in [1.165, 1.54) is 9.13 Å². The van der Waals surface area contributed by atoms with E-state index in [2.05, 4.69) is 11.0 Å². The van der Waals surface area contributed by atoms with Gasteiger partial charge in [0.05, 0.1) is 0 Å². The summed E-state index contributed by atoms with van der Waals surface area (Å²) in [6.07, 6.45) is 4.68. The zero-order valence-corrected chi connectivity index (χ0v) is 19.2. The molecule has 1 atom stereocenters. The van der Waals surface area contributed by atoms with E-state index in [-0.39, 0.29) is 17.3 Å². The Morgan fingerprint density at radius 2 is 2.13 bits per heavy atom. The van der Waals surface area contributed by atoms with Gasteiger partial charge < -0.3 is 15.2 Å². The Morgan fingerprint density at radius 1 is 1.32 bits per heavy atom. The minimum Gasteiger partial charge on any atom is -0.341 e. The number of piperidine rings is 1. The highest BCUT2D eigenvalue weighted by Crippen LogP contribution is 2.23. The number of aryl methyl sites for hydroxylation is 2. The van der Waals surface area contributed by atoms with Crippen LogP contribution in [0.2, 0.25) is 0 Å². The lowest BCUT2D eigenvalue weighted by molar-refractivity contribution is 0.495. The second-order valence-corrected chi connectivity index (χ2v) is 9.28. The lowest BCUT2D eigenvalue weighted by Gasteiger charge is -2.31. The molecule has 0 saturated carbocycles. The third-order valence-electron chi connectivity index (χ3n) is 5.84. The first-order chi connectivity index (χ1) is 14.9. The van der Waals surface area contributed by atoms with E-state index in [1.54, 1.807) is 18.4 Å². The van der Waals surface area contributed by atoms with Crippen molar-refractivity contribution in [1.82, 2.24) is 18.7 Å². The van der Waals surface area contributed by atoms with Gasteiger partial charge in [-0.15, -0.1) is 0 Å². The zero-order chi connectivity index (χ0) is 22.1. The van der Waals surface area contributed by atoms with Crippen molar-refractivity contribution >= 4 is 28.4 Å². The molecule has 0 amide bonds. The van der Waals surface area contributed by atoms with Crippen molar-refractivity contribution in [3.63, 3.8) is 0 Å². The molecule has 0 aromatic carbocycles. The third kappa shape index (κ3) is 4.24. The molecule has 0 bridgehead atoms. The predicted molar refractivity (Wildman–Crippen MR) is 126 cm³/mol. The third-order valence-corrected chi connectivity index (χ3v) is 6.57. The summed E-state index contributed by atoms with van der Waals surface area (Å²) in [5, 5.41) is 4.05. The summed E-state index contributed by atoms with van der Waals surface area (Å²) < 4.78 is 4.78. The average Bonchev–Trinajstić information content (AvgIpc) is 3.38. The molecule has 4 heterocycles. The Bertz CT molecular complexity index is 1210. The lowest BCUT2D eigenvalue weighted by atomic mass is 10.1. The molecular weight excluding hydrogens is 412 g/mol. The maximum Gasteiger partial charge on any atom is 0.332 e. The molecule has 9 heteroatoms. The van der Waals surface area contributed by atoms with Crippen LogP contribution in [0.4, 0.5) is 5.95 Å². The molecule has 1 aliphatic rings. The van der Waals surface area contributed by atoms with Gasteiger partial charge in [-0.05, 0) is 55.5 Å². The molecule has 3 aromatic rings. The summed E-state index contributed by atoms with van der Waals surface area (Å²) in [5.74, 6) is 0.713. The standard InChI is InChI=1S/C22H30N6O2S/c1-15(2)6-10-27-18-19(24-21(27)26-9-4-5-17(23)13-26)25(3)22(30)28(20(18)29)11-7-16-8-12-31-14-16/h6,8,12,14,17H,4-5,7,9-11,13,23H2,1-3H3. The smallest absolute Gasteiger partial charge is 0.332 e. The van der Waals surface area contributed by atoms with E-state index in [9.17, 15) is 9.59 Å². The van der Waals surface area contributed by atoms with Crippen LogP contribution in [0, 0.1) is 0 Å². The van der Waals surface area contributed by atoms with Crippen molar-refractivity contribution in [3.8, 4) is 0 Å². The van der Waals surface area contributed by atoms with E-state index in [1.807, 2.05) is 35.2 Å². The summed E-state index contributed by atoms with van der Waals surface area (Å²) in [7, 11) is 1.69. The number of aromatic nitrogens is 4. The van der Waals surface area contributed by atoms with Gasteiger partial charge >= 0.3 is 5.69 Å². The zero-order valence-electron chi connectivity index (χ0n) is 18.4. The fourth-order valence-corrected chi connectivity index (χ4v) is 4.82. The topological polar surface area (TPSA) is 91.1 Å². The number of allylic oxidation sites excluding steroid dienone is 2. The van der Waals surface area contributed by atoms with Crippen molar-refractivity contribution in [2.45, 2.75) is 52.2 Å². The number of fused-ring (bicyclic) bond motifs is 1. The van der Waals surface area contributed by atoms with Crippen molar-refractivity contribution in [3.05, 3.63) is 54.9 Å². The molecule has 4 rings (SSSR count). The second-order valence-electron chi connectivity index (χ2n) is 8.50. The van der Waals surface area contributed by atoms with Crippen LogP contribution >= 0.6 is 11.3 Å². The van der Waals surface area contributed by atoms with Crippen molar-refractivity contribution in [2.75, 3.05) is 18.0 Å². The minimum absolute atomic E-state index is 0.0801. The van der Waals surface area contributed by atoms with Crippen LogP contribution in [0.1, 0.15) is 32.3 Å². The number of rotatable bonds is 6. The number of imidazole rings is 1. The summed E-state index contributed by atoms with van der Waals surface area (Å²) in [6.45, 7) is 6.47. The number of hydrogen-bond acceptors (Lipinski definition) is 6. The molecule has 166 valence electrons. The van der Waals surface area contributed by atoms with Crippen molar-refractivity contribution in [2.24, 2.45) is 12.8 Å². The first-order valence-electron chi connectivity index (χ1n) is 10.7. The molecule has 3 aromatic heterocycles. The largest absolute Gasteiger partial charge is 0.341 e. The Morgan fingerprint density at radius 3 is 2.81 bits per heavy atom. The predicted octanol–water partition coefficient (Wildman–Crippen LogP) is 2.09. The molecule has 0 radical (unpaired) electrons. The normalized spacial score (nSPS) is 16.8. The van der Waals surface area contributed by atoms with Crippen LogP contribution in [-0.4, -0.2) is 37.8 Å². The minimum atomic E-state index is -0.332. The fraction of sp³-hybridized carbons (Fsp3) is 0.500. The summed E-state index contributed by atoms with van der Waals surface area (Å²) >= 11 is 1.61. The maximum absolute atomic E-state index is 13.5. The van der Waals surface area contributed by atoms with Crippen LogP contribution < -0.4 is 21.9 Å². The van der Waals surface area contributed by atoms with Gasteiger partial charge in [0.25, 0.3) is 5.56 Å². The Hall–Kier alpha value is -2.65. The number of thiophene rings is 1. The Labute approximate surface area is 185 Å². The SMILES string of the molecule is CC(C)=CCn1c(N2CCCC(N)C2)nc2c1c(=O)n(CCc1ccsc1)c(=O)n2C. The monoisotopic (exact) mass is 442 g/mol. The van der Waals surface area contributed by atoms with E-state index in [4.69, 9.17) is 10.7 Å². The van der Waals surface area contributed by atoms with Crippen LogP contribution in [-0.2, 0) is 26.6 Å². The number of nitrogens with two attached hydrogens (primary N) is 1. The van der Waals surface area contributed by atoms with Crippen molar-refractivity contribution in [1.29, 1.82) is 0 Å². The molecule has 31 heavy (non-hydrogen) atoms. The van der Waals surface area contributed by atoms with Crippen LogP contribution in [0.25, 0.3) is 11.2 Å². The van der Waals surface area contributed by atoms with Gasteiger partial charge in [-0.3, -0.25) is 13.9 Å². The first-order valence-corrected chi connectivity index (χ1v) is 11.7. The number of hydrogen-bond donors (Lipinski definition) is 1. The highest BCUT2D eigenvalue weighted by Gasteiger charge is 2.26. The van der Waals surface area contributed by atoms with Gasteiger partial charge in [0.15, 0.2) is 11.2 Å². The fourth-order valence-electron chi connectivity index (χ4n) is 4.11. The van der Waals surface area contributed by atoms with Gasteiger partial charge in [-0.1, -0.05) is 11.6 Å². The highest BCUT2D eigenvalue weighted by molar-refractivity contribution is 7.07. The molecular formula is C22H30N6O2S. The molecule has 0 aliphatic carbocycles. The molecule has 1 aliphatic heterocycles. The number of anilines is 1. The van der Waals surface area contributed by atoms with E-state index >= 15 is 0 Å². The summed E-state index contributed by atoms with van der Waals surface area (Å²) in [4.78, 5) is 33.4. The Kier molecular flexibility index (Phi) is 6.15. The van der Waals surface area contributed by atoms with Crippen molar-refractivity contribution < 1.29 is 0 Å². The summed E-state index contributed by atoms with van der Waals surface area (Å²) in [5.41, 5.74) is 8.78. The highest BCUT2D eigenvalue weighted by atomic mass is 32.1. The average molecular weight is 443 g/mol. The summed E-state index contributed by atoms with van der Waals surface area (Å²) in [6, 6.07) is 2.10. The second kappa shape index (κ2) is 8.84. The lowest BCUT2D eigenvalue weighted by Crippen LogP contribution is -2.44. The van der Waals surface area contributed by atoms with E-state index in [0.717, 1.165) is 30.5 Å². The molecule has 0 spiro atoms. The van der Waals surface area contributed by atoms with Gasteiger partial charge in [0.1, 0.15) is 0 Å². The molecule has 1 saturated heterocycles. The van der Waals surface area contributed by atoms with Gasteiger partial charge in [-0.25, -0.2) is 4.79 Å². The molecule has 1 unspecified atom stereocenters. The number of nitrogens with zero attached hydrogens (tertiary/aromatic N) is 5. The Balaban J connectivity index is 1.87. The maximum atomic E-state index is 13.5. The van der Waals surface area contributed by atoms with Crippen LogP contribution in [0.3, 0.4) is 0 Å². The van der Waals surface area contributed by atoms with E-state index in [0.29, 0.717) is 43.2 Å². The van der Waals surface area contributed by atoms with Crippen LogP contribution in [0.15, 0.2) is 38.1 Å². The van der Waals surface area contributed by atoms with E-state index < -0.39 is 0 Å². The molecule has 2 N–H and O–H groups in total. The van der Waals surface area contributed by atoms with Crippen LogP contribution in [0.5, 0.6) is 0 Å². The van der Waals surface area contributed by atoms with Gasteiger partial charge in [0.2, 0.25) is 5.95 Å².